The van der Waals surface area contributed by atoms with Crippen LogP contribution in [0.2, 0.25) is 0 Å². The second-order valence-electron chi connectivity index (χ2n) is 3.77. The fourth-order valence-corrected chi connectivity index (χ4v) is 3.24. The predicted molar refractivity (Wildman–Crippen MR) is 56.4 cm³/mol. The number of nitrogens with two attached hydrogens (primary N) is 1. The summed E-state index contributed by atoms with van der Waals surface area (Å²) in [5.41, 5.74) is 5.50. The lowest BCUT2D eigenvalue weighted by atomic mass is 10.1. The van der Waals surface area contributed by atoms with Crippen LogP contribution in [0.5, 0.6) is 0 Å². The average Bonchev–Trinajstić information content (AvgIpc) is 2.01. The van der Waals surface area contributed by atoms with Gasteiger partial charge in [-0.15, -0.1) is 11.8 Å². The molecule has 2 nitrogen and oxygen atoms in total. The van der Waals surface area contributed by atoms with E-state index in [1.165, 1.54) is 12.8 Å². The zero-order chi connectivity index (χ0) is 9.03. The molecule has 0 amide bonds. The summed E-state index contributed by atoms with van der Waals surface area (Å²) in [6, 6.07) is 0. The Labute approximate surface area is 79.7 Å². The Morgan fingerprint density at radius 3 is 3.00 bits per heavy atom. The molecular formula is C9H20N2S. The molecule has 3 N–H and O–H groups in total. The molecule has 0 aromatic carbocycles. The van der Waals surface area contributed by atoms with Crippen molar-refractivity contribution < 1.29 is 0 Å². The van der Waals surface area contributed by atoms with E-state index in [9.17, 15) is 0 Å². The molecule has 72 valence electrons. The van der Waals surface area contributed by atoms with Gasteiger partial charge in [0, 0.05) is 5.25 Å². The van der Waals surface area contributed by atoms with Gasteiger partial charge < -0.3 is 11.1 Å². The van der Waals surface area contributed by atoms with Gasteiger partial charge in [-0.1, -0.05) is 6.92 Å². The van der Waals surface area contributed by atoms with E-state index >= 15 is 0 Å². The lowest BCUT2D eigenvalue weighted by Gasteiger charge is -2.37. The fraction of sp³-hybridized carbons (Fsp3) is 1.00. The van der Waals surface area contributed by atoms with E-state index in [0.29, 0.717) is 0 Å². The SMILES string of the molecule is CC1CCNC(C)(CCCN)S1. The average molecular weight is 188 g/mol. The van der Waals surface area contributed by atoms with Gasteiger partial charge in [-0.25, -0.2) is 0 Å². The van der Waals surface area contributed by atoms with Crippen molar-refractivity contribution >= 4 is 11.8 Å². The summed E-state index contributed by atoms with van der Waals surface area (Å²) in [6.07, 6.45) is 3.62. The molecule has 1 rings (SSSR count). The third-order valence-electron chi connectivity index (χ3n) is 2.37. The molecule has 0 saturated carbocycles. The maximum Gasteiger partial charge on any atom is 0.0619 e. The maximum atomic E-state index is 5.50. The molecule has 3 heteroatoms. The third kappa shape index (κ3) is 2.96. The van der Waals surface area contributed by atoms with Crippen LogP contribution in [0.15, 0.2) is 0 Å². The minimum absolute atomic E-state index is 0.289. The van der Waals surface area contributed by atoms with Crippen LogP contribution in [0, 0.1) is 0 Å². The zero-order valence-electron chi connectivity index (χ0n) is 8.10. The zero-order valence-corrected chi connectivity index (χ0v) is 8.91. The molecule has 0 bridgehead atoms. The molecule has 0 radical (unpaired) electrons. The lowest BCUT2D eigenvalue weighted by Crippen LogP contribution is -2.45. The van der Waals surface area contributed by atoms with E-state index in [2.05, 4.69) is 30.9 Å². The Morgan fingerprint density at radius 1 is 1.67 bits per heavy atom. The molecule has 12 heavy (non-hydrogen) atoms. The largest absolute Gasteiger partial charge is 0.330 e. The highest BCUT2D eigenvalue weighted by molar-refractivity contribution is 8.01. The Hall–Kier alpha value is 0.270. The van der Waals surface area contributed by atoms with Crippen molar-refractivity contribution in [1.29, 1.82) is 0 Å². The molecule has 1 aliphatic heterocycles. The molecule has 0 spiro atoms. The van der Waals surface area contributed by atoms with Crippen LogP contribution >= 0.6 is 11.8 Å². The van der Waals surface area contributed by atoms with Gasteiger partial charge in [0.15, 0.2) is 0 Å². The van der Waals surface area contributed by atoms with Crippen LogP contribution in [0.1, 0.15) is 33.1 Å². The summed E-state index contributed by atoms with van der Waals surface area (Å²) in [5, 5.41) is 4.37. The van der Waals surface area contributed by atoms with Crippen molar-refractivity contribution in [2.24, 2.45) is 5.73 Å². The Kier molecular flexibility index (Phi) is 3.87. The number of rotatable bonds is 3. The monoisotopic (exact) mass is 188 g/mol. The van der Waals surface area contributed by atoms with E-state index in [0.717, 1.165) is 24.8 Å². The summed E-state index contributed by atoms with van der Waals surface area (Å²) < 4.78 is 0. The van der Waals surface area contributed by atoms with E-state index in [4.69, 9.17) is 5.73 Å². The Bertz CT molecular complexity index is 140. The first-order valence-electron chi connectivity index (χ1n) is 4.79. The van der Waals surface area contributed by atoms with Gasteiger partial charge in [0.05, 0.1) is 4.87 Å². The minimum Gasteiger partial charge on any atom is -0.330 e. The van der Waals surface area contributed by atoms with Crippen LogP contribution in [0.3, 0.4) is 0 Å². The molecule has 1 fully saturated rings. The molecule has 1 aliphatic rings. The molecular weight excluding hydrogens is 168 g/mol. The summed E-state index contributed by atoms with van der Waals surface area (Å²) in [7, 11) is 0. The highest BCUT2D eigenvalue weighted by atomic mass is 32.2. The quantitative estimate of drug-likeness (QED) is 0.706. The highest BCUT2D eigenvalue weighted by Crippen LogP contribution is 2.35. The van der Waals surface area contributed by atoms with Crippen molar-refractivity contribution in [1.82, 2.24) is 5.32 Å². The summed E-state index contributed by atoms with van der Waals surface area (Å²) >= 11 is 2.06. The highest BCUT2D eigenvalue weighted by Gasteiger charge is 2.29. The lowest BCUT2D eigenvalue weighted by molar-refractivity contribution is 0.434. The Balaban J connectivity index is 2.35. The van der Waals surface area contributed by atoms with Crippen LogP contribution in [0.25, 0.3) is 0 Å². The first kappa shape index (κ1) is 10.4. The second-order valence-corrected chi connectivity index (χ2v) is 5.71. The van der Waals surface area contributed by atoms with E-state index in [1.54, 1.807) is 0 Å². The third-order valence-corrected chi connectivity index (χ3v) is 3.88. The standard InChI is InChI=1S/C9H20N2S/c1-8-4-7-11-9(2,12-8)5-3-6-10/h8,11H,3-7,10H2,1-2H3. The second kappa shape index (κ2) is 4.49. The number of nitrogens with one attached hydrogen (secondary N) is 1. The fourth-order valence-electron chi connectivity index (χ4n) is 1.67. The van der Waals surface area contributed by atoms with Gasteiger partial charge in [0.2, 0.25) is 0 Å². The summed E-state index contributed by atoms with van der Waals surface area (Å²) in [5.74, 6) is 0. The van der Waals surface area contributed by atoms with Gasteiger partial charge in [0.25, 0.3) is 0 Å². The predicted octanol–water partition coefficient (Wildman–Crippen LogP) is 1.56. The van der Waals surface area contributed by atoms with Gasteiger partial charge in [-0.2, -0.15) is 0 Å². The van der Waals surface area contributed by atoms with Crippen LogP contribution < -0.4 is 11.1 Å². The first-order valence-corrected chi connectivity index (χ1v) is 5.67. The van der Waals surface area contributed by atoms with Crippen molar-refractivity contribution in [3.8, 4) is 0 Å². The topological polar surface area (TPSA) is 38.0 Å². The van der Waals surface area contributed by atoms with Crippen molar-refractivity contribution in [2.75, 3.05) is 13.1 Å². The molecule has 0 aromatic heterocycles. The number of thioether (sulfide) groups is 1. The van der Waals surface area contributed by atoms with Gasteiger partial charge in [-0.05, 0) is 39.3 Å². The molecule has 2 atom stereocenters. The Morgan fingerprint density at radius 2 is 2.42 bits per heavy atom. The van der Waals surface area contributed by atoms with E-state index < -0.39 is 0 Å². The summed E-state index contributed by atoms with van der Waals surface area (Å²) in [6.45, 7) is 6.58. The molecule has 2 unspecified atom stereocenters. The molecule has 0 aromatic rings. The van der Waals surface area contributed by atoms with E-state index in [-0.39, 0.29) is 4.87 Å². The van der Waals surface area contributed by atoms with Crippen LogP contribution in [0.4, 0.5) is 0 Å². The maximum absolute atomic E-state index is 5.50. The van der Waals surface area contributed by atoms with Gasteiger partial charge >= 0.3 is 0 Å². The molecule has 1 saturated heterocycles. The molecule has 0 aliphatic carbocycles. The number of hydrogen-bond acceptors (Lipinski definition) is 3. The smallest absolute Gasteiger partial charge is 0.0619 e. The summed E-state index contributed by atoms with van der Waals surface area (Å²) in [4.78, 5) is 0.289. The van der Waals surface area contributed by atoms with Crippen molar-refractivity contribution in [2.45, 2.75) is 43.2 Å². The normalized spacial score (nSPS) is 36.8. The first-order chi connectivity index (χ1) is 5.66. The molecule has 1 heterocycles. The minimum atomic E-state index is 0.289. The van der Waals surface area contributed by atoms with Crippen LogP contribution in [-0.2, 0) is 0 Å². The van der Waals surface area contributed by atoms with Crippen molar-refractivity contribution in [3.05, 3.63) is 0 Å². The van der Waals surface area contributed by atoms with Gasteiger partial charge in [-0.3, -0.25) is 0 Å². The number of hydrogen-bond donors (Lipinski definition) is 2. The van der Waals surface area contributed by atoms with Crippen molar-refractivity contribution in [3.63, 3.8) is 0 Å². The van der Waals surface area contributed by atoms with E-state index in [1.807, 2.05) is 0 Å². The van der Waals surface area contributed by atoms with Gasteiger partial charge in [0.1, 0.15) is 0 Å². The van der Waals surface area contributed by atoms with Crippen LogP contribution in [-0.4, -0.2) is 23.2 Å².